The van der Waals surface area contributed by atoms with Gasteiger partial charge >= 0.3 is 5.97 Å². The van der Waals surface area contributed by atoms with Gasteiger partial charge in [0, 0.05) is 13.3 Å². The summed E-state index contributed by atoms with van der Waals surface area (Å²) in [6.45, 7) is 14.8. The molecule has 0 unspecified atom stereocenters. The first kappa shape index (κ1) is 21.3. The molecule has 22 heavy (non-hydrogen) atoms. The van der Waals surface area contributed by atoms with E-state index in [9.17, 15) is 4.79 Å². The number of rotatable bonds is 11. The second-order valence-corrected chi connectivity index (χ2v) is 6.78. The van der Waals surface area contributed by atoms with Crippen LogP contribution in [0.2, 0.25) is 0 Å². The monoisotopic (exact) mass is 320 g/mol. The quantitative estimate of drug-likeness (QED) is 0.249. The molecule has 0 N–H and O–H groups in total. The van der Waals surface area contributed by atoms with Gasteiger partial charge < -0.3 is 4.74 Å². The van der Waals surface area contributed by atoms with Crippen molar-refractivity contribution < 1.29 is 29.1 Å². The molecule has 0 bridgehead atoms. The van der Waals surface area contributed by atoms with Crippen LogP contribution in [-0.2, 0) is 29.1 Å². The first-order chi connectivity index (χ1) is 9.95. The van der Waals surface area contributed by atoms with E-state index < -0.39 is 17.0 Å². The molecule has 0 aliphatic rings. The van der Waals surface area contributed by atoms with Crippen molar-refractivity contribution in [1.29, 1.82) is 0 Å². The maximum atomic E-state index is 10.9. The van der Waals surface area contributed by atoms with Crippen molar-refractivity contribution >= 4 is 5.97 Å². The van der Waals surface area contributed by atoms with Gasteiger partial charge in [-0.15, -0.1) is 0 Å². The van der Waals surface area contributed by atoms with Crippen molar-refractivity contribution in [3.8, 4) is 0 Å². The van der Waals surface area contributed by atoms with E-state index in [1.165, 1.54) is 6.92 Å². The predicted molar refractivity (Wildman–Crippen MR) is 82.7 cm³/mol. The minimum Gasteiger partial charge on any atom is -0.466 e. The fourth-order valence-corrected chi connectivity index (χ4v) is 0.997. The highest BCUT2D eigenvalue weighted by atomic mass is 17.3. The summed E-state index contributed by atoms with van der Waals surface area (Å²) in [5.41, 5.74) is -0.904. The number of ether oxygens (including phenoxy) is 1. The summed E-state index contributed by atoms with van der Waals surface area (Å²) >= 11 is 0. The smallest absolute Gasteiger partial charge is 0.302 e. The average Bonchev–Trinajstić information content (AvgIpc) is 2.43. The second kappa shape index (κ2) is 8.82. The topological polar surface area (TPSA) is 63.2 Å². The number of carbonyl (C=O) groups excluding carboxylic acids is 1. The van der Waals surface area contributed by atoms with Crippen LogP contribution >= 0.6 is 0 Å². The lowest BCUT2D eigenvalue weighted by molar-refractivity contribution is -0.540. The van der Waals surface area contributed by atoms with E-state index >= 15 is 0 Å². The van der Waals surface area contributed by atoms with Gasteiger partial charge in [-0.25, -0.2) is 9.78 Å². The van der Waals surface area contributed by atoms with Gasteiger partial charge in [-0.2, -0.15) is 9.78 Å². The summed E-state index contributed by atoms with van der Waals surface area (Å²) in [5.74, 6) is -1.53. The van der Waals surface area contributed by atoms with Gasteiger partial charge in [0.25, 0.3) is 0 Å². The van der Waals surface area contributed by atoms with Crippen LogP contribution in [0.3, 0.4) is 0 Å². The summed E-state index contributed by atoms with van der Waals surface area (Å²) in [4.78, 5) is 32.7. The summed E-state index contributed by atoms with van der Waals surface area (Å²) < 4.78 is 4.94. The third-order valence-corrected chi connectivity index (χ3v) is 3.45. The Hall–Kier alpha value is -0.690. The largest absolute Gasteiger partial charge is 0.466 e. The molecule has 0 rings (SSSR count). The zero-order valence-electron chi connectivity index (χ0n) is 15.3. The Labute approximate surface area is 134 Å². The number of esters is 1. The van der Waals surface area contributed by atoms with Crippen molar-refractivity contribution in [2.75, 3.05) is 6.61 Å². The van der Waals surface area contributed by atoms with E-state index in [2.05, 4.69) is 0 Å². The third kappa shape index (κ3) is 9.35. The summed E-state index contributed by atoms with van der Waals surface area (Å²) in [6, 6.07) is 0. The molecule has 0 aromatic heterocycles. The Bertz CT molecular complexity index is 318. The molecular formula is C16H32O6. The van der Waals surface area contributed by atoms with E-state index in [0.29, 0.717) is 0 Å². The molecule has 0 spiro atoms. The third-order valence-electron chi connectivity index (χ3n) is 3.45. The predicted octanol–water partition coefficient (Wildman–Crippen LogP) is 3.93. The standard InChI is InChI=1S/C16H32O6/c1-9-14(4,5)19-21-16(8,11-12-18-13(3)17)22-20-15(6,7)10-2/h9-12H2,1-8H3. The Morgan fingerprint density at radius 1 is 0.818 bits per heavy atom. The highest BCUT2D eigenvalue weighted by molar-refractivity contribution is 5.65. The molecule has 132 valence electrons. The molecular weight excluding hydrogens is 288 g/mol. The maximum Gasteiger partial charge on any atom is 0.302 e. The second-order valence-electron chi connectivity index (χ2n) is 6.78. The molecule has 0 fully saturated rings. The van der Waals surface area contributed by atoms with Crippen LogP contribution in [0.15, 0.2) is 0 Å². The number of carbonyl (C=O) groups is 1. The average molecular weight is 320 g/mol. The normalized spacial score (nSPS) is 13.3. The fraction of sp³-hybridized carbons (Fsp3) is 0.938. The van der Waals surface area contributed by atoms with Gasteiger partial charge in [0.1, 0.15) is 0 Å². The number of hydrogen-bond acceptors (Lipinski definition) is 6. The Balaban J connectivity index is 4.69. The van der Waals surface area contributed by atoms with Crippen LogP contribution < -0.4 is 0 Å². The van der Waals surface area contributed by atoms with Crippen LogP contribution in [0, 0.1) is 0 Å². The molecule has 0 saturated carbocycles. The van der Waals surface area contributed by atoms with Crippen molar-refractivity contribution in [2.45, 2.75) is 91.6 Å². The molecule has 0 saturated heterocycles. The molecule has 0 aromatic rings. The summed E-state index contributed by atoms with van der Waals surface area (Å²) in [6.07, 6.45) is 1.83. The first-order valence-corrected chi connectivity index (χ1v) is 7.82. The molecule has 0 aliphatic carbocycles. The van der Waals surface area contributed by atoms with Gasteiger partial charge in [0.2, 0.25) is 5.79 Å². The lowest BCUT2D eigenvalue weighted by atomic mass is 10.1. The van der Waals surface area contributed by atoms with Gasteiger partial charge in [0.15, 0.2) is 0 Å². The molecule has 0 radical (unpaired) electrons. The van der Waals surface area contributed by atoms with Gasteiger partial charge in [0.05, 0.1) is 17.8 Å². The van der Waals surface area contributed by atoms with Crippen LogP contribution in [0.5, 0.6) is 0 Å². The lowest BCUT2D eigenvalue weighted by Crippen LogP contribution is -2.40. The van der Waals surface area contributed by atoms with Crippen LogP contribution in [0.4, 0.5) is 0 Å². The van der Waals surface area contributed by atoms with E-state index in [4.69, 9.17) is 24.3 Å². The van der Waals surface area contributed by atoms with E-state index in [1.54, 1.807) is 6.92 Å². The van der Waals surface area contributed by atoms with Crippen LogP contribution in [0.1, 0.15) is 74.7 Å². The molecule has 6 heteroatoms. The highest BCUT2D eigenvalue weighted by Crippen LogP contribution is 2.26. The Morgan fingerprint density at radius 3 is 1.55 bits per heavy atom. The molecule has 6 nitrogen and oxygen atoms in total. The lowest BCUT2D eigenvalue weighted by Gasteiger charge is -2.34. The Kier molecular flexibility index (Phi) is 8.54. The van der Waals surface area contributed by atoms with Gasteiger partial charge in [-0.05, 0) is 47.5 Å². The maximum absolute atomic E-state index is 10.9. The first-order valence-electron chi connectivity index (χ1n) is 7.82. The van der Waals surface area contributed by atoms with E-state index in [0.717, 1.165) is 12.8 Å². The van der Waals surface area contributed by atoms with Crippen molar-refractivity contribution in [2.24, 2.45) is 0 Å². The number of hydrogen-bond donors (Lipinski definition) is 0. The summed E-state index contributed by atoms with van der Waals surface area (Å²) in [5, 5.41) is 0. The van der Waals surface area contributed by atoms with Crippen LogP contribution in [0.25, 0.3) is 0 Å². The van der Waals surface area contributed by atoms with Gasteiger partial charge in [-0.1, -0.05) is 13.8 Å². The Morgan fingerprint density at radius 2 is 1.23 bits per heavy atom. The molecule has 0 atom stereocenters. The zero-order valence-corrected chi connectivity index (χ0v) is 15.3. The zero-order chi connectivity index (χ0) is 17.4. The van der Waals surface area contributed by atoms with E-state index in [1.807, 2.05) is 41.5 Å². The SMILES string of the molecule is CCC(C)(C)OOC(C)(CCOC(C)=O)OOC(C)(C)CC. The minimum atomic E-state index is -1.17. The van der Waals surface area contributed by atoms with Gasteiger partial charge in [-0.3, -0.25) is 4.79 Å². The summed E-state index contributed by atoms with van der Waals surface area (Å²) in [7, 11) is 0. The minimum absolute atomic E-state index is 0.150. The molecule has 0 amide bonds. The molecule has 0 aromatic carbocycles. The molecule has 0 heterocycles. The molecule has 0 aliphatic heterocycles. The highest BCUT2D eigenvalue weighted by Gasteiger charge is 2.35. The van der Waals surface area contributed by atoms with Crippen LogP contribution in [-0.4, -0.2) is 29.6 Å². The van der Waals surface area contributed by atoms with E-state index in [-0.39, 0.29) is 19.0 Å². The van der Waals surface area contributed by atoms with Crippen molar-refractivity contribution in [1.82, 2.24) is 0 Å². The van der Waals surface area contributed by atoms with Crippen molar-refractivity contribution in [3.05, 3.63) is 0 Å². The fourth-order valence-electron chi connectivity index (χ4n) is 0.997. The van der Waals surface area contributed by atoms with Crippen molar-refractivity contribution in [3.63, 3.8) is 0 Å².